The number of benzene rings is 2. The van der Waals surface area contributed by atoms with Gasteiger partial charge in [0, 0.05) is 25.0 Å². The SMILES string of the molecule is CC(=O)N1CCC[C@@H]1c1nc2ccccc2n1Cc1cccc(Cl)c1. The molecule has 0 saturated carbocycles. The molecule has 2 aromatic carbocycles. The first-order valence-corrected chi connectivity index (χ1v) is 8.98. The van der Waals surface area contributed by atoms with Gasteiger partial charge in [0.05, 0.1) is 17.1 Å². The first-order chi connectivity index (χ1) is 12.1. The van der Waals surface area contributed by atoms with E-state index in [1.54, 1.807) is 6.92 Å². The summed E-state index contributed by atoms with van der Waals surface area (Å²) in [5.41, 5.74) is 3.19. The van der Waals surface area contributed by atoms with E-state index in [1.165, 1.54) is 0 Å². The van der Waals surface area contributed by atoms with Crippen LogP contribution in [0.15, 0.2) is 48.5 Å². The molecule has 1 aromatic heterocycles. The van der Waals surface area contributed by atoms with Crippen molar-refractivity contribution < 1.29 is 4.79 Å². The molecule has 0 bridgehead atoms. The number of likely N-dealkylation sites (tertiary alicyclic amines) is 1. The van der Waals surface area contributed by atoms with E-state index in [4.69, 9.17) is 16.6 Å². The van der Waals surface area contributed by atoms with Crippen LogP contribution in [0, 0.1) is 0 Å². The van der Waals surface area contributed by atoms with Gasteiger partial charge in [-0.2, -0.15) is 0 Å². The second kappa shape index (κ2) is 6.52. The molecule has 3 aromatic rings. The van der Waals surface area contributed by atoms with E-state index in [-0.39, 0.29) is 11.9 Å². The first-order valence-electron chi connectivity index (χ1n) is 8.60. The molecule has 0 unspecified atom stereocenters. The summed E-state index contributed by atoms with van der Waals surface area (Å²) in [7, 11) is 0. The van der Waals surface area contributed by atoms with E-state index in [1.807, 2.05) is 41.3 Å². The van der Waals surface area contributed by atoms with Crippen molar-refractivity contribution in [3.05, 3.63) is 64.9 Å². The molecule has 0 radical (unpaired) electrons. The molecule has 0 N–H and O–H groups in total. The molecule has 1 amide bonds. The van der Waals surface area contributed by atoms with Crippen LogP contribution in [-0.2, 0) is 11.3 Å². The highest BCUT2D eigenvalue weighted by Crippen LogP contribution is 2.34. The maximum Gasteiger partial charge on any atom is 0.220 e. The van der Waals surface area contributed by atoms with Crippen LogP contribution in [0.1, 0.15) is 37.2 Å². The van der Waals surface area contributed by atoms with Gasteiger partial charge in [0.15, 0.2) is 0 Å². The topological polar surface area (TPSA) is 38.1 Å². The fraction of sp³-hybridized carbons (Fsp3) is 0.300. The predicted octanol–water partition coefficient (Wildman–Crippen LogP) is 4.42. The molecule has 128 valence electrons. The number of amides is 1. The van der Waals surface area contributed by atoms with Gasteiger partial charge in [-0.05, 0) is 42.7 Å². The van der Waals surface area contributed by atoms with E-state index >= 15 is 0 Å². The van der Waals surface area contributed by atoms with E-state index in [0.717, 1.165) is 46.8 Å². The van der Waals surface area contributed by atoms with Crippen LogP contribution in [0.3, 0.4) is 0 Å². The Morgan fingerprint density at radius 1 is 1.24 bits per heavy atom. The number of fused-ring (bicyclic) bond motifs is 1. The number of rotatable bonds is 3. The van der Waals surface area contributed by atoms with Crippen LogP contribution in [0.2, 0.25) is 5.02 Å². The summed E-state index contributed by atoms with van der Waals surface area (Å²) in [6.07, 6.45) is 1.98. The molecule has 25 heavy (non-hydrogen) atoms. The summed E-state index contributed by atoms with van der Waals surface area (Å²) in [6, 6.07) is 16.1. The van der Waals surface area contributed by atoms with Gasteiger partial charge in [-0.1, -0.05) is 35.9 Å². The maximum atomic E-state index is 12.0. The number of carbonyl (C=O) groups excluding carboxylic acids is 1. The van der Waals surface area contributed by atoms with Crippen LogP contribution in [-0.4, -0.2) is 26.9 Å². The molecule has 1 aliphatic rings. The fourth-order valence-corrected chi connectivity index (χ4v) is 3.96. The monoisotopic (exact) mass is 353 g/mol. The molecular weight excluding hydrogens is 334 g/mol. The number of aromatic nitrogens is 2. The summed E-state index contributed by atoms with van der Waals surface area (Å²) in [5, 5.41) is 0.731. The van der Waals surface area contributed by atoms with Gasteiger partial charge in [0.2, 0.25) is 5.91 Å². The van der Waals surface area contributed by atoms with Crippen molar-refractivity contribution in [1.29, 1.82) is 0 Å². The lowest BCUT2D eigenvalue weighted by atomic mass is 10.2. The van der Waals surface area contributed by atoms with Gasteiger partial charge in [-0.15, -0.1) is 0 Å². The second-order valence-corrected chi connectivity index (χ2v) is 6.98. The molecule has 1 fully saturated rings. The van der Waals surface area contributed by atoms with Crippen LogP contribution in [0.25, 0.3) is 11.0 Å². The Kier molecular flexibility index (Phi) is 4.22. The van der Waals surface area contributed by atoms with Crippen molar-refractivity contribution >= 4 is 28.5 Å². The molecule has 4 rings (SSSR count). The first kappa shape index (κ1) is 16.2. The average Bonchev–Trinajstić information content (AvgIpc) is 3.20. The zero-order valence-electron chi connectivity index (χ0n) is 14.2. The van der Waals surface area contributed by atoms with Gasteiger partial charge in [-0.3, -0.25) is 4.79 Å². The third kappa shape index (κ3) is 3.02. The molecule has 4 nitrogen and oxygen atoms in total. The van der Waals surface area contributed by atoms with Crippen LogP contribution in [0.5, 0.6) is 0 Å². The lowest BCUT2D eigenvalue weighted by molar-refractivity contribution is -0.129. The lowest BCUT2D eigenvalue weighted by Crippen LogP contribution is -2.30. The number of halogens is 1. The maximum absolute atomic E-state index is 12.0. The minimum absolute atomic E-state index is 0.0454. The smallest absolute Gasteiger partial charge is 0.220 e. The average molecular weight is 354 g/mol. The Hall–Kier alpha value is -2.33. The predicted molar refractivity (Wildman–Crippen MR) is 99.6 cm³/mol. The van der Waals surface area contributed by atoms with Gasteiger partial charge in [0.25, 0.3) is 0 Å². The number of imidazole rings is 1. The Labute approximate surface area is 152 Å². The van der Waals surface area contributed by atoms with Gasteiger partial charge < -0.3 is 9.47 Å². The molecule has 0 spiro atoms. The zero-order chi connectivity index (χ0) is 17.4. The lowest BCUT2D eigenvalue weighted by Gasteiger charge is -2.24. The third-order valence-electron chi connectivity index (χ3n) is 4.87. The van der Waals surface area contributed by atoms with E-state index in [2.05, 4.69) is 16.7 Å². The Morgan fingerprint density at radius 3 is 2.88 bits per heavy atom. The molecule has 2 heterocycles. The van der Waals surface area contributed by atoms with Crippen LogP contribution >= 0.6 is 11.6 Å². The molecule has 1 aliphatic heterocycles. The standard InChI is InChI=1S/C20H20ClN3O/c1-14(25)23-11-5-10-19(23)20-22-17-8-2-3-9-18(17)24(20)13-15-6-4-7-16(21)12-15/h2-4,6-9,12,19H,5,10-11,13H2,1H3/t19-/m1/s1. The number of carbonyl (C=O) groups is 1. The van der Waals surface area contributed by atoms with Crippen LogP contribution in [0.4, 0.5) is 0 Å². The van der Waals surface area contributed by atoms with E-state index < -0.39 is 0 Å². The van der Waals surface area contributed by atoms with Crippen LogP contribution < -0.4 is 0 Å². The summed E-state index contributed by atoms with van der Waals surface area (Å²) >= 11 is 6.16. The van der Waals surface area contributed by atoms with Gasteiger partial charge in [-0.25, -0.2) is 4.98 Å². The highest BCUT2D eigenvalue weighted by Gasteiger charge is 2.32. The minimum Gasteiger partial charge on any atom is -0.333 e. The van der Waals surface area contributed by atoms with E-state index in [9.17, 15) is 4.79 Å². The number of para-hydroxylation sites is 2. The van der Waals surface area contributed by atoms with Gasteiger partial charge in [0.1, 0.15) is 5.82 Å². The Balaban J connectivity index is 1.82. The van der Waals surface area contributed by atoms with Gasteiger partial charge >= 0.3 is 0 Å². The molecule has 0 aliphatic carbocycles. The second-order valence-electron chi connectivity index (χ2n) is 6.55. The molecule has 5 heteroatoms. The van der Waals surface area contributed by atoms with E-state index in [0.29, 0.717) is 6.54 Å². The third-order valence-corrected chi connectivity index (χ3v) is 5.10. The molecular formula is C20H20ClN3O. The Morgan fingerprint density at radius 2 is 2.08 bits per heavy atom. The molecule has 1 saturated heterocycles. The Bertz CT molecular complexity index is 934. The number of nitrogens with zero attached hydrogens (tertiary/aromatic N) is 3. The quantitative estimate of drug-likeness (QED) is 0.699. The number of hydrogen-bond acceptors (Lipinski definition) is 2. The largest absolute Gasteiger partial charge is 0.333 e. The van der Waals surface area contributed by atoms with Crippen molar-refractivity contribution in [2.45, 2.75) is 32.4 Å². The summed E-state index contributed by atoms with van der Waals surface area (Å²) in [4.78, 5) is 18.9. The van der Waals surface area contributed by atoms with Crippen molar-refractivity contribution in [2.24, 2.45) is 0 Å². The highest BCUT2D eigenvalue weighted by atomic mass is 35.5. The minimum atomic E-state index is 0.0454. The summed E-state index contributed by atoms with van der Waals surface area (Å²) in [5.74, 6) is 1.08. The summed E-state index contributed by atoms with van der Waals surface area (Å²) in [6.45, 7) is 3.14. The highest BCUT2D eigenvalue weighted by molar-refractivity contribution is 6.30. The zero-order valence-corrected chi connectivity index (χ0v) is 14.9. The number of hydrogen-bond donors (Lipinski definition) is 0. The summed E-state index contributed by atoms with van der Waals surface area (Å²) < 4.78 is 2.23. The molecule has 1 atom stereocenters. The normalized spacial score (nSPS) is 17.4. The van der Waals surface area contributed by atoms with Crippen molar-refractivity contribution in [1.82, 2.24) is 14.5 Å². The van der Waals surface area contributed by atoms with Crippen molar-refractivity contribution in [2.75, 3.05) is 6.54 Å². The fourth-order valence-electron chi connectivity index (χ4n) is 3.74. The van der Waals surface area contributed by atoms with Crippen molar-refractivity contribution in [3.8, 4) is 0 Å². The van der Waals surface area contributed by atoms with Crippen molar-refractivity contribution in [3.63, 3.8) is 0 Å².